The van der Waals surface area contributed by atoms with Crippen LogP contribution < -0.4 is 16.0 Å². The third-order valence-electron chi connectivity index (χ3n) is 5.79. The maximum Gasteiger partial charge on any atom is 0.410 e. The molecule has 2 aromatic rings. The van der Waals surface area contributed by atoms with Crippen LogP contribution in [0.4, 0.5) is 16.6 Å². The molecule has 4 rings (SSSR count). The molecule has 1 amide bonds. The van der Waals surface area contributed by atoms with Crippen molar-refractivity contribution >= 4 is 17.9 Å². The minimum Gasteiger partial charge on any atom is -0.445 e. The summed E-state index contributed by atoms with van der Waals surface area (Å²) in [5, 5.41) is 3.41. The van der Waals surface area contributed by atoms with Gasteiger partial charge >= 0.3 is 6.09 Å². The van der Waals surface area contributed by atoms with Crippen LogP contribution in [0.15, 0.2) is 36.4 Å². The van der Waals surface area contributed by atoms with E-state index >= 15 is 0 Å². The van der Waals surface area contributed by atoms with Crippen molar-refractivity contribution in [2.75, 3.05) is 49.9 Å². The quantitative estimate of drug-likeness (QED) is 0.799. The Morgan fingerprint density at radius 2 is 1.90 bits per heavy atom. The molecule has 0 unspecified atom stereocenters. The molecular formula is C22H30N6O2. The summed E-state index contributed by atoms with van der Waals surface area (Å²) in [6, 6.07) is 11.8. The van der Waals surface area contributed by atoms with Gasteiger partial charge in [0.2, 0.25) is 5.95 Å². The lowest BCUT2D eigenvalue weighted by atomic mass is 9.93. The molecule has 0 atom stereocenters. The van der Waals surface area contributed by atoms with Gasteiger partial charge < -0.3 is 25.6 Å². The van der Waals surface area contributed by atoms with E-state index in [2.05, 4.69) is 26.3 Å². The highest BCUT2D eigenvalue weighted by Crippen LogP contribution is 2.29. The fourth-order valence-corrected chi connectivity index (χ4v) is 4.09. The van der Waals surface area contributed by atoms with Gasteiger partial charge in [0.1, 0.15) is 12.4 Å². The van der Waals surface area contributed by atoms with Crippen molar-refractivity contribution in [3.05, 3.63) is 47.7 Å². The van der Waals surface area contributed by atoms with Crippen LogP contribution in [0, 0.1) is 0 Å². The highest BCUT2D eigenvalue weighted by atomic mass is 16.6. The first-order valence-electron chi connectivity index (χ1n) is 10.7. The van der Waals surface area contributed by atoms with Crippen LogP contribution in [-0.2, 0) is 11.3 Å². The number of anilines is 2. The predicted molar refractivity (Wildman–Crippen MR) is 116 cm³/mol. The number of piperidine rings is 1. The Hall–Kier alpha value is -2.87. The number of nitrogens with two attached hydrogens (primary N) is 1. The summed E-state index contributed by atoms with van der Waals surface area (Å²) in [5.74, 6) is 1.51. The number of carbonyl (C=O) groups excluding carboxylic acids is 1. The lowest BCUT2D eigenvalue weighted by Gasteiger charge is -2.31. The summed E-state index contributed by atoms with van der Waals surface area (Å²) in [6.45, 7) is 5.48. The van der Waals surface area contributed by atoms with Gasteiger partial charge in [0.25, 0.3) is 0 Å². The second kappa shape index (κ2) is 9.75. The van der Waals surface area contributed by atoms with Crippen LogP contribution >= 0.6 is 0 Å². The third kappa shape index (κ3) is 5.18. The number of nitrogen functional groups attached to an aromatic ring is 1. The molecule has 1 aromatic carbocycles. The van der Waals surface area contributed by atoms with Crippen LogP contribution in [0.25, 0.3) is 0 Å². The number of amides is 1. The highest BCUT2D eigenvalue weighted by Gasteiger charge is 2.26. The molecule has 2 aliphatic heterocycles. The van der Waals surface area contributed by atoms with Crippen molar-refractivity contribution in [2.24, 2.45) is 0 Å². The maximum absolute atomic E-state index is 12.4. The molecule has 3 N–H and O–H groups in total. The van der Waals surface area contributed by atoms with E-state index in [1.165, 1.54) is 0 Å². The summed E-state index contributed by atoms with van der Waals surface area (Å²) < 4.78 is 5.47. The largest absolute Gasteiger partial charge is 0.445 e. The van der Waals surface area contributed by atoms with Crippen LogP contribution in [0.5, 0.6) is 0 Å². The van der Waals surface area contributed by atoms with E-state index in [4.69, 9.17) is 10.5 Å². The first kappa shape index (κ1) is 20.4. The molecule has 30 heavy (non-hydrogen) atoms. The number of ether oxygens (including phenoxy) is 1. The normalized spacial score (nSPS) is 18.1. The summed E-state index contributed by atoms with van der Waals surface area (Å²) in [4.78, 5) is 25.4. The van der Waals surface area contributed by atoms with Crippen LogP contribution in [0.1, 0.15) is 36.4 Å². The molecule has 0 radical (unpaired) electrons. The zero-order chi connectivity index (χ0) is 20.8. The number of rotatable bonds is 4. The number of nitrogens with one attached hydrogen (secondary N) is 1. The SMILES string of the molecule is Nc1nc(C2CCN(C(=O)OCc3ccccc3)CC2)cc(N2CCCNCC2)n1. The van der Waals surface area contributed by atoms with E-state index in [1.807, 2.05) is 30.3 Å². The lowest BCUT2D eigenvalue weighted by molar-refractivity contribution is 0.0868. The maximum atomic E-state index is 12.4. The smallest absolute Gasteiger partial charge is 0.410 e. The molecule has 3 heterocycles. The van der Waals surface area contributed by atoms with E-state index in [9.17, 15) is 4.79 Å². The van der Waals surface area contributed by atoms with Gasteiger partial charge in [0, 0.05) is 44.7 Å². The van der Waals surface area contributed by atoms with Crippen molar-refractivity contribution in [2.45, 2.75) is 31.8 Å². The Labute approximate surface area is 177 Å². The summed E-state index contributed by atoms with van der Waals surface area (Å²) >= 11 is 0. The van der Waals surface area contributed by atoms with Gasteiger partial charge in [-0.2, -0.15) is 4.98 Å². The molecular weight excluding hydrogens is 380 g/mol. The molecule has 8 heteroatoms. The van der Waals surface area contributed by atoms with E-state index < -0.39 is 0 Å². The first-order chi connectivity index (χ1) is 14.7. The number of nitrogens with zero attached hydrogens (tertiary/aromatic N) is 4. The van der Waals surface area contributed by atoms with E-state index in [0.29, 0.717) is 25.6 Å². The van der Waals surface area contributed by atoms with Gasteiger partial charge in [-0.1, -0.05) is 30.3 Å². The van der Waals surface area contributed by atoms with Gasteiger partial charge in [-0.25, -0.2) is 9.78 Å². The minimum absolute atomic E-state index is 0.253. The average molecular weight is 411 g/mol. The fourth-order valence-electron chi connectivity index (χ4n) is 4.09. The van der Waals surface area contributed by atoms with Crippen molar-refractivity contribution in [3.8, 4) is 0 Å². The molecule has 2 saturated heterocycles. The summed E-state index contributed by atoms with van der Waals surface area (Å²) in [7, 11) is 0. The number of likely N-dealkylation sites (tertiary alicyclic amines) is 1. The molecule has 1 aromatic heterocycles. The summed E-state index contributed by atoms with van der Waals surface area (Å²) in [5.41, 5.74) is 8.01. The number of benzene rings is 1. The minimum atomic E-state index is -0.253. The Morgan fingerprint density at radius 3 is 2.70 bits per heavy atom. The van der Waals surface area contributed by atoms with E-state index in [1.54, 1.807) is 4.90 Å². The van der Waals surface area contributed by atoms with Gasteiger partial charge in [0.05, 0.1) is 5.69 Å². The van der Waals surface area contributed by atoms with Crippen LogP contribution in [-0.4, -0.2) is 60.2 Å². The molecule has 8 nitrogen and oxygen atoms in total. The van der Waals surface area contributed by atoms with Gasteiger partial charge in [-0.05, 0) is 31.4 Å². The molecule has 0 saturated carbocycles. The predicted octanol–water partition coefficient (Wildman–Crippen LogP) is 2.37. The topological polar surface area (TPSA) is 96.6 Å². The Balaban J connectivity index is 1.33. The van der Waals surface area contributed by atoms with Crippen molar-refractivity contribution < 1.29 is 9.53 Å². The zero-order valence-electron chi connectivity index (χ0n) is 17.3. The molecule has 0 aliphatic carbocycles. The number of aromatic nitrogens is 2. The zero-order valence-corrected chi connectivity index (χ0v) is 17.3. The highest BCUT2D eigenvalue weighted by molar-refractivity contribution is 5.67. The second-order valence-corrected chi connectivity index (χ2v) is 7.90. The first-order valence-corrected chi connectivity index (χ1v) is 10.7. The molecule has 0 spiro atoms. The monoisotopic (exact) mass is 410 g/mol. The van der Waals surface area contributed by atoms with E-state index in [0.717, 1.165) is 62.5 Å². The summed E-state index contributed by atoms with van der Waals surface area (Å²) in [6.07, 6.45) is 2.52. The van der Waals surface area contributed by atoms with Crippen molar-refractivity contribution in [1.82, 2.24) is 20.2 Å². The molecule has 2 fully saturated rings. The number of hydrogen-bond acceptors (Lipinski definition) is 7. The third-order valence-corrected chi connectivity index (χ3v) is 5.79. The fraction of sp³-hybridized carbons (Fsp3) is 0.500. The second-order valence-electron chi connectivity index (χ2n) is 7.90. The van der Waals surface area contributed by atoms with Gasteiger partial charge in [-0.15, -0.1) is 0 Å². The van der Waals surface area contributed by atoms with Crippen molar-refractivity contribution in [3.63, 3.8) is 0 Å². The van der Waals surface area contributed by atoms with E-state index in [-0.39, 0.29) is 12.0 Å². The van der Waals surface area contributed by atoms with Crippen LogP contribution in [0.2, 0.25) is 0 Å². The van der Waals surface area contributed by atoms with Gasteiger partial charge in [0.15, 0.2) is 0 Å². The standard InChI is InChI=1S/C22H30N6O2/c23-21-25-19(15-20(26-21)27-11-4-9-24-10-14-27)18-7-12-28(13-8-18)22(29)30-16-17-5-2-1-3-6-17/h1-3,5-6,15,18,24H,4,7-14,16H2,(H2,23,25,26). The Bertz CT molecular complexity index is 831. The van der Waals surface area contributed by atoms with Crippen molar-refractivity contribution in [1.29, 1.82) is 0 Å². The average Bonchev–Trinajstić information content (AvgIpc) is 3.08. The number of carbonyl (C=O) groups is 1. The Morgan fingerprint density at radius 1 is 1.10 bits per heavy atom. The molecule has 160 valence electrons. The molecule has 2 aliphatic rings. The molecule has 0 bridgehead atoms. The van der Waals surface area contributed by atoms with Gasteiger partial charge in [-0.3, -0.25) is 0 Å². The number of hydrogen-bond donors (Lipinski definition) is 2. The lowest BCUT2D eigenvalue weighted by Crippen LogP contribution is -2.38. The van der Waals surface area contributed by atoms with Crippen LogP contribution in [0.3, 0.4) is 0 Å². The Kier molecular flexibility index (Phi) is 6.63.